The molecular formula is C12H23NO3. The molecule has 1 amide bonds. The first-order valence-corrected chi connectivity index (χ1v) is 6.03. The van der Waals surface area contributed by atoms with Crippen molar-refractivity contribution in [3.8, 4) is 0 Å². The van der Waals surface area contributed by atoms with Gasteiger partial charge in [0.1, 0.15) is 5.60 Å². The summed E-state index contributed by atoms with van der Waals surface area (Å²) in [6.45, 7) is 5.74. The van der Waals surface area contributed by atoms with Crippen LogP contribution >= 0.6 is 0 Å². The standard InChI is InChI=1S/C12H23NO3/c1-12(2,3)16-11(15)13-10(5-4-8-14)9-6-7-9/h9-10,14H,4-8H2,1-3H3,(H,13,15). The molecule has 0 radical (unpaired) electrons. The van der Waals surface area contributed by atoms with Crippen molar-refractivity contribution in [2.24, 2.45) is 5.92 Å². The van der Waals surface area contributed by atoms with Gasteiger partial charge in [0.2, 0.25) is 0 Å². The van der Waals surface area contributed by atoms with E-state index in [1.807, 2.05) is 20.8 Å². The lowest BCUT2D eigenvalue weighted by Gasteiger charge is -2.23. The lowest BCUT2D eigenvalue weighted by molar-refractivity contribution is 0.0492. The third-order valence-corrected chi connectivity index (χ3v) is 2.57. The molecule has 0 aromatic carbocycles. The van der Waals surface area contributed by atoms with Crippen LogP contribution in [0.4, 0.5) is 4.79 Å². The molecule has 94 valence electrons. The predicted molar refractivity (Wildman–Crippen MR) is 62.2 cm³/mol. The van der Waals surface area contributed by atoms with E-state index in [2.05, 4.69) is 5.32 Å². The molecule has 1 aliphatic carbocycles. The van der Waals surface area contributed by atoms with E-state index in [0.29, 0.717) is 5.92 Å². The van der Waals surface area contributed by atoms with Crippen LogP contribution in [0.1, 0.15) is 46.5 Å². The summed E-state index contributed by atoms with van der Waals surface area (Å²) in [6, 6.07) is 0.169. The monoisotopic (exact) mass is 229 g/mol. The number of alkyl carbamates (subject to hydrolysis) is 1. The van der Waals surface area contributed by atoms with E-state index in [0.717, 1.165) is 12.8 Å². The third-order valence-electron chi connectivity index (χ3n) is 2.57. The van der Waals surface area contributed by atoms with Crippen molar-refractivity contribution < 1.29 is 14.6 Å². The second-order valence-electron chi connectivity index (χ2n) is 5.46. The van der Waals surface area contributed by atoms with Gasteiger partial charge in [-0.05, 0) is 52.4 Å². The van der Waals surface area contributed by atoms with Gasteiger partial charge >= 0.3 is 6.09 Å². The number of rotatable bonds is 5. The SMILES string of the molecule is CC(C)(C)OC(=O)NC(CCCO)C1CC1. The molecule has 0 aromatic rings. The smallest absolute Gasteiger partial charge is 0.407 e. The van der Waals surface area contributed by atoms with Crippen molar-refractivity contribution in [3.05, 3.63) is 0 Å². The van der Waals surface area contributed by atoms with E-state index in [9.17, 15) is 4.79 Å². The fraction of sp³-hybridized carbons (Fsp3) is 0.917. The van der Waals surface area contributed by atoms with Crippen molar-refractivity contribution in [1.29, 1.82) is 0 Å². The third kappa shape index (κ3) is 5.35. The molecule has 1 fully saturated rings. The second kappa shape index (κ2) is 5.53. The molecule has 16 heavy (non-hydrogen) atoms. The number of hydrogen-bond acceptors (Lipinski definition) is 3. The molecule has 0 bridgehead atoms. The Hall–Kier alpha value is -0.770. The fourth-order valence-electron chi connectivity index (χ4n) is 1.69. The number of amides is 1. The van der Waals surface area contributed by atoms with Crippen LogP contribution in [0.5, 0.6) is 0 Å². The molecule has 4 nitrogen and oxygen atoms in total. The van der Waals surface area contributed by atoms with E-state index in [1.165, 1.54) is 12.8 Å². The van der Waals surface area contributed by atoms with Gasteiger partial charge in [0.25, 0.3) is 0 Å². The van der Waals surface area contributed by atoms with E-state index >= 15 is 0 Å². The quantitative estimate of drug-likeness (QED) is 0.758. The van der Waals surface area contributed by atoms with E-state index in [-0.39, 0.29) is 18.7 Å². The van der Waals surface area contributed by atoms with Crippen molar-refractivity contribution in [2.75, 3.05) is 6.61 Å². The van der Waals surface area contributed by atoms with Crippen LogP contribution in [0.2, 0.25) is 0 Å². The van der Waals surface area contributed by atoms with Gasteiger partial charge in [-0.3, -0.25) is 0 Å². The maximum absolute atomic E-state index is 11.6. The number of aliphatic hydroxyl groups is 1. The average Bonchev–Trinajstić information content (AvgIpc) is 2.91. The Labute approximate surface area is 97.4 Å². The number of aliphatic hydroxyl groups excluding tert-OH is 1. The zero-order valence-corrected chi connectivity index (χ0v) is 10.5. The molecule has 1 atom stereocenters. The van der Waals surface area contributed by atoms with Crippen LogP contribution in [0.15, 0.2) is 0 Å². The van der Waals surface area contributed by atoms with Crippen molar-refractivity contribution in [3.63, 3.8) is 0 Å². The summed E-state index contributed by atoms with van der Waals surface area (Å²) in [6.07, 6.45) is 3.57. The van der Waals surface area contributed by atoms with Crippen molar-refractivity contribution in [1.82, 2.24) is 5.32 Å². The zero-order chi connectivity index (χ0) is 12.2. The topological polar surface area (TPSA) is 58.6 Å². The molecule has 0 heterocycles. The Balaban J connectivity index is 2.33. The summed E-state index contributed by atoms with van der Waals surface area (Å²) >= 11 is 0. The Morgan fingerprint density at radius 2 is 2.12 bits per heavy atom. The maximum atomic E-state index is 11.6. The fourth-order valence-corrected chi connectivity index (χ4v) is 1.69. The Kier molecular flexibility index (Phi) is 4.59. The van der Waals surface area contributed by atoms with Gasteiger partial charge < -0.3 is 15.2 Å². The number of ether oxygens (including phenoxy) is 1. The van der Waals surface area contributed by atoms with E-state index in [4.69, 9.17) is 9.84 Å². The Morgan fingerprint density at radius 3 is 2.56 bits per heavy atom. The first-order chi connectivity index (χ1) is 7.42. The average molecular weight is 229 g/mol. The van der Waals surface area contributed by atoms with Crippen molar-refractivity contribution in [2.45, 2.75) is 58.1 Å². The molecular weight excluding hydrogens is 206 g/mol. The molecule has 0 saturated heterocycles. The van der Waals surface area contributed by atoms with Gasteiger partial charge in [0, 0.05) is 12.6 Å². The summed E-state index contributed by atoms with van der Waals surface area (Å²) < 4.78 is 5.21. The van der Waals surface area contributed by atoms with Gasteiger partial charge in [-0.2, -0.15) is 0 Å². The zero-order valence-electron chi connectivity index (χ0n) is 10.5. The Bertz CT molecular complexity index is 231. The minimum atomic E-state index is -0.449. The number of carbonyl (C=O) groups excluding carboxylic acids is 1. The van der Waals surface area contributed by atoms with Gasteiger partial charge in [-0.1, -0.05) is 0 Å². The van der Waals surface area contributed by atoms with Crippen molar-refractivity contribution >= 4 is 6.09 Å². The number of nitrogens with one attached hydrogen (secondary N) is 1. The highest BCUT2D eigenvalue weighted by Crippen LogP contribution is 2.34. The molecule has 1 unspecified atom stereocenters. The van der Waals surface area contributed by atoms with Crippen LogP contribution < -0.4 is 5.32 Å². The first kappa shape index (κ1) is 13.3. The van der Waals surface area contributed by atoms with E-state index in [1.54, 1.807) is 0 Å². The molecule has 0 spiro atoms. The second-order valence-corrected chi connectivity index (χ2v) is 5.46. The van der Waals surface area contributed by atoms with Crippen LogP contribution in [-0.2, 0) is 4.74 Å². The Morgan fingerprint density at radius 1 is 1.50 bits per heavy atom. The molecule has 0 aliphatic heterocycles. The molecule has 1 aliphatic rings. The number of carbonyl (C=O) groups is 1. The molecule has 1 rings (SSSR count). The highest BCUT2D eigenvalue weighted by Gasteiger charge is 2.32. The predicted octanol–water partition coefficient (Wildman–Crippen LogP) is 2.06. The maximum Gasteiger partial charge on any atom is 0.407 e. The van der Waals surface area contributed by atoms with Crippen LogP contribution in [0, 0.1) is 5.92 Å². The summed E-state index contributed by atoms with van der Waals surface area (Å²) in [5.74, 6) is 0.582. The minimum Gasteiger partial charge on any atom is -0.444 e. The van der Waals surface area contributed by atoms with E-state index < -0.39 is 5.60 Å². The summed E-state index contributed by atoms with van der Waals surface area (Å²) in [7, 11) is 0. The first-order valence-electron chi connectivity index (χ1n) is 6.03. The van der Waals surface area contributed by atoms with Crippen LogP contribution in [0.3, 0.4) is 0 Å². The highest BCUT2D eigenvalue weighted by atomic mass is 16.6. The summed E-state index contributed by atoms with van der Waals surface area (Å²) in [5, 5.41) is 11.7. The van der Waals surface area contributed by atoms with Gasteiger partial charge in [-0.25, -0.2) is 4.79 Å². The molecule has 4 heteroatoms. The van der Waals surface area contributed by atoms with Gasteiger partial charge in [0.05, 0.1) is 0 Å². The van der Waals surface area contributed by atoms with Crippen LogP contribution in [-0.4, -0.2) is 29.4 Å². The lowest BCUT2D eigenvalue weighted by Crippen LogP contribution is -2.40. The lowest BCUT2D eigenvalue weighted by atomic mass is 10.1. The highest BCUT2D eigenvalue weighted by molar-refractivity contribution is 5.68. The normalized spacial score (nSPS) is 18.0. The largest absolute Gasteiger partial charge is 0.444 e. The summed E-state index contributed by atoms with van der Waals surface area (Å²) in [4.78, 5) is 11.6. The van der Waals surface area contributed by atoms with Gasteiger partial charge in [-0.15, -0.1) is 0 Å². The molecule has 2 N–H and O–H groups in total. The number of hydrogen-bond donors (Lipinski definition) is 2. The van der Waals surface area contributed by atoms with Gasteiger partial charge in [0.15, 0.2) is 0 Å². The summed E-state index contributed by atoms with van der Waals surface area (Å²) in [5.41, 5.74) is -0.449. The molecule has 0 aromatic heterocycles. The minimum absolute atomic E-state index is 0.169. The molecule has 1 saturated carbocycles. The van der Waals surface area contributed by atoms with Crippen LogP contribution in [0.25, 0.3) is 0 Å².